The van der Waals surface area contributed by atoms with Crippen molar-refractivity contribution in [2.24, 2.45) is 0 Å². The van der Waals surface area contributed by atoms with E-state index in [1.54, 1.807) is 4.90 Å². The Balaban J connectivity index is 1.50. The van der Waals surface area contributed by atoms with Gasteiger partial charge in [-0.25, -0.2) is 9.78 Å². The van der Waals surface area contributed by atoms with Gasteiger partial charge in [-0.3, -0.25) is 15.0 Å². The second-order valence-corrected chi connectivity index (χ2v) is 9.18. The van der Waals surface area contributed by atoms with Crippen molar-refractivity contribution in [1.29, 1.82) is 0 Å². The molecule has 182 valence electrons. The van der Waals surface area contributed by atoms with Gasteiger partial charge in [0.05, 0.1) is 11.0 Å². The van der Waals surface area contributed by atoms with E-state index in [4.69, 9.17) is 4.74 Å². The number of rotatable bonds is 5. The van der Waals surface area contributed by atoms with Crippen molar-refractivity contribution in [1.82, 2.24) is 9.88 Å². The number of cyclic esters (lactones) is 1. The Morgan fingerprint density at radius 2 is 1.82 bits per heavy atom. The molecule has 2 heterocycles. The maximum absolute atomic E-state index is 13.1. The molecule has 0 bridgehead atoms. The van der Waals surface area contributed by atoms with Crippen molar-refractivity contribution in [3.8, 4) is 0 Å². The molecule has 1 atom stereocenters. The van der Waals surface area contributed by atoms with E-state index in [2.05, 4.69) is 10.3 Å². The first-order valence-corrected chi connectivity index (χ1v) is 11.0. The second-order valence-electron chi connectivity index (χ2n) is 9.18. The van der Waals surface area contributed by atoms with Crippen LogP contribution in [0.5, 0.6) is 0 Å². The third kappa shape index (κ3) is 4.64. The van der Waals surface area contributed by atoms with Crippen molar-refractivity contribution in [3.05, 3.63) is 64.0 Å². The van der Waals surface area contributed by atoms with Gasteiger partial charge in [0.15, 0.2) is 0 Å². The third-order valence-electron chi connectivity index (χ3n) is 6.43. The van der Waals surface area contributed by atoms with Crippen LogP contribution >= 0.6 is 0 Å². The van der Waals surface area contributed by atoms with Crippen LogP contribution in [-0.4, -0.2) is 38.6 Å². The van der Waals surface area contributed by atoms with Gasteiger partial charge < -0.3 is 10.1 Å². The Morgan fingerprint density at radius 1 is 1.18 bits per heavy atom. The fourth-order valence-corrected chi connectivity index (χ4v) is 4.91. The van der Waals surface area contributed by atoms with Gasteiger partial charge in [0.2, 0.25) is 0 Å². The lowest BCUT2D eigenvalue weighted by atomic mass is 9.86. The Bertz CT molecular complexity index is 1070. The SMILES string of the molecule is CC1(C)OC(=O)N(C2CCC(Nc3cc(C(F)(F)F)ncc3[N+](=O)[O-])CC2)C1c1ccccc1. The molecule has 0 spiro atoms. The number of carbonyl (C=O) groups is 1. The summed E-state index contributed by atoms with van der Waals surface area (Å²) >= 11 is 0. The summed E-state index contributed by atoms with van der Waals surface area (Å²) in [6.07, 6.45) is -2.26. The van der Waals surface area contributed by atoms with Gasteiger partial charge in [-0.2, -0.15) is 13.2 Å². The number of nitrogens with zero attached hydrogens (tertiary/aromatic N) is 3. The number of nitrogens with one attached hydrogen (secondary N) is 1. The molecule has 1 aliphatic heterocycles. The lowest BCUT2D eigenvalue weighted by Crippen LogP contribution is -2.44. The number of nitro groups is 1. The number of hydrogen-bond donors (Lipinski definition) is 1. The monoisotopic (exact) mass is 478 g/mol. The quantitative estimate of drug-likeness (QED) is 0.437. The molecule has 1 aromatic heterocycles. The minimum absolute atomic E-state index is 0.115. The minimum atomic E-state index is -4.71. The van der Waals surface area contributed by atoms with Gasteiger partial charge in [-0.15, -0.1) is 0 Å². The number of amides is 1. The average molecular weight is 478 g/mol. The van der Waals surface area contributed by atoms with E-state index in [0.717, 1.165) is 5.56 Å². The largest absolute Gasteiger partial charge is 0.441 e. The number of aromatic nitrogens is 1. The Kier molecular flexibility index (Phi) is 6.13. The maximum atomic E-state index is 13.1. The van der Waals surface area contributed by atoms with Crippen LogP contribution in [-0.2, 0) is 10.9 Å². The zero-order valence-corrected chi connectivity index (χ0v) is 18.7. The van der Waals surface area contributed by atoms with Crippen LogP contribution in [0.25, 0.3) is 0 Å². The van der Waals surface area contributed by atoms with Crippen LogP contribution in [0.2, 0.25) is 0 Å². The lowest BCUT2D eigenvalue weighted by Gasteiger charge is -2.38. The van der Waals surface area contributed by atoms with Gasteiger partial charge >= 0.3 is 18.0 Å². The van der Waals surface area contributed by atoms with Crippen LogP contribution in [0.1, 0.15) is 56.8 Å². The Morgan fingerprint density at radius 3 is 2.41 bits per heavy atom. The summed E-state index contributed by atoms with van der Waals surface area (Å²) in [4.78, 5) is 28.3. The smallest absolute Gasteiger partial charge is 0.433 e. The fourth-order valence-electron chi connectivity index (χ4n) is 4.91. The van der Waals surface area contributed by atoms with Crippen molar-refractivity contribution in [3.63, 3.8) is 0 Å². The van der Waals surface area contributed by atoms with E-state index in [9.17, 15) is 28.1 Å². The van der Waals surface area contributed by atoms with Crippen molar-refractivity contribution in [2.75, 3.05) is 5.32 Å². The van der Waals surface area contributed by atoms with Crippen molar-refractivity contribution < 1.29 is 27.6 Å². The number of hydrogen-bond acceptors (Lipinski definition) is 6. The molecule has 1 amide bonds. The van der Waals surface area contributed by atoms with E-state index < -0.39 is 34.2 Å². The van der Waals surface area contributed by atoms with E-state index in [1.165, 1.54) is 0 Å². The van der Waals surface area contributed by atoms with Crippen molar-refractivity contribution in [2.45, 2.75) is 69.4 Å². The molecule has 1 N–H and O–H groups in total. The van der Waals surface area contributed by atoms with Gasteiger partial charge in [-0.1, -0.05) is 30.3 Å². The zero-order valence-electron chi connectivity index (χ0n) is 18.7. The van der Waals surface area contributed by atoms with Crippen LogP contribution < -0.4 is 5.32 Å². The summed E-state index contributed by atoms with van der Waals surface area (Å²) in [7, 11) is 0. The van der Waals surface area contributed by atoms with Crippen LogP contribution in [0, 0.1) is 10.1 Å². The standard InChI is InChI=1S/C23H25F3N4O4/c1-22(2)20(14-6-4-3-5-7-14)29(21(31)34-22)16-10-8-15(9-11-16)28-17-12-19(23(24,25)26)27-13-18(17)30(32)33/h3-7,12-13,15-16,20H,8-11H2,1-2H3,(H,27,28). The summed E-state index contributed by atoms with van der Waals surface area (Å²) < 4.78 is 44.9. The minimum Gasteiger partial charge on any atom is -0.441 e. The zero-order chi connectivity index (χ0) is 24.7. The first-order chi connectivity index (χ1) is 16.0. The molecular formula is C23H25F3N4O4. The molecule has 1 aliphatic carbocycles. The van der Waals surface area contributed by atoms with Crippen LogP contribution in [0.15, 0.2) is 42.6 Å². The summed E-state index contributed by atoms with van der Waals surface area (Å²) in [5.41, 5.74) is -1.67. The predicted molar refractivity (Wildman–Crippen MR) is 117 cm³/mol. The third-order valence-corrected chi connectivity index (χ3v) is 6.43. The van der Waals surface area contributed by atoms with E-state index in [0.29, 0.717) is 37.9 Å². The molecule has 11 heteroatoms. The average Bonchev–Trinajstić information content (AvgIpc) is 3.02. The molecule has 2 aliphatic rings. The Hall–Kier alpha value is -3.37. The highest BCUT2D eigenvalue weighted by Gasteiger charge is 2.51. The normalized spacial score (nSPS) is 24.6. The molecule has 2 fully saturated rings. The fraction of sp³-hybridized carbons (Fsp3) is 0.478. The molecular weight excluding hydrogens is 453 g/mol. The molecule has 1 aromatic carbocycles. The number of alkyl halides is 3. The van der Waals surface area contributed by atoms with E-state index in [-0.39, 0.29) is 23.8 Å². The number of anilines is 1. The number of halogens is 3. The molecule has 2 aromatic rings. The predicted octanol–water partition coefficient (Wildman–Crippen LogP) is 5.70. The summed E-state index contributed by atoms with van der Waals surface area (Å²) in [6, 6.07) is 9.63. The highest BCUT2D eigenvalue weighted by Crippen LogP contribution is 2.45. The van der Waals surface area contributed by atoms with Gasteiger partial charge in [-0.05, 0) is 51.2 Å². The first-order valence-electron chi connectivity index (χ1n) is 11.0. The van der Waals surface area contributed by atoms with E-state index >= 15 is 0 Å². The molecule has 1 unspecified atom stereocenters. The number of ether oxygens (including phenoxy) is 1. The van der Waals surface area contributed by atoms with Gasteiger partial charge in [0.1, 0.15) is 23.2 Å². The summed E-state index contributed by atoms with van der Waals surface area (Å²) in [5.74, 6) is 0. The van der Waals surface area contributed by atoms with Crippen LogP contribution in [0.3, 0.4) is 0 Å². The molecule has 8 nitrogen and oxygen atoms in total. The molecule has 1 saturated carbocycles. The highest BCUT2D eigenvalue weighted by atomic mass is 19.4. The summed E-state index contributed by atoms with van der Waals surface area (Å²) in [6.45, 7) is 3.74. The number of benzene rings is 1. The molecule has 34 heavy (non-hydrogen) atoms. The molecule has 4 rings (SSSR count). The maximum Gasteiger partial charge on any atom is 0.433 e. The molecule has 0 radical (unpaired) electrons. The topological polar surface area (TPSA) is 97.6 Å². The summed E-state index contributed by atoms with van der Waals surface area (Å²) in [5, 5.41) is 14.2. The van der Waals surface area contributed by atoms with Crippen LogP contribution in [0.4, 0.5) is 29.3 Å². The highest BCUT2D eigenvalue weighted by molar-refractivity contribution is 5.72. The second kappa shape index (κ2) is 8.77. The number of carbonyl (C=O) groups excluding carboxylic acids is 1. The number of pyridine rings is 1. The van der Waals surface area contributed by atoms with Crippen molar-refractivity contribution >= 4 is 17.5 Å². The van der Waals surface area contributed by atoms with E-state index in [1.807, 2.05) is 44.2 Å². The van der Waals surface area contributed by atoms with Gasteiger partial charge in [0, 0.05) is 12.1 Å². The Labute approximate surface area is 194 Å². The lowest BCUT2D eigenvalue weighted by molar-refractivity contribution is -0.384. The van der Waals surface area contributed by atoms with Gasteiger partial charge in [0.25, 0.3) is 0 Å². The first kappa shape index (κ1) is 23.8. The molecule has 1 saturated heterocycles.